The lowest BCUT2D eigenvalue weighted by atomic mass is 10.1. The average Bonchev–Trinajstić information content (AvgIpc) is 2.61. The summed E-state index contributed by atoms with van der Waals surface area (Å²) in [5.74, 6) is 3.08. The van der Waals surface area contributed by atoms with Crippen LogP contribution in [0.3, 0.4) is 0 Å². The molecule has 0 fully saturated rings. The van der Waals surface area contributed by atoms with Crippen LogP contribution >= 0.6 is 0 Å². The van der Waals surface area contributed by atoms with Gasteiger partial charge in [-0.2, -0.15) is 0 Å². The van der Waals surface area contributed by atoms with Crippen LogP contribution in [0, 0.1) is 0 Å². The highest BCUT2D eigenvalue weighted by Gasteiger charge is 2.20. The smallest absolute Gasteiger partial charge is 0.368 e. The predicted octanol–water partition coefficient (Wildman–Crippen LogP) is 4.80. The molecule has 0 spiro atoms. The summed E-state index contributed by atoms with van der Waals surface area (Å²) in [4.78, 5) is 0. The van der Waals surface area contributed by atoms with Gasteiger partial charge in [0.1, 0.15) is 22.6 Å². The molecule has 0 bridgehead atoms. The van der Waals surface area contributed by atoms with Gasteiger partial charge in [-0.1, -0.05) is 0 Å². The van der Waals surface area contributed by atoms with Crippen molar-refractivity contribution in [1.82, 2.24) is 0 Å². The second kappa shape index (κ2) is 6.57. The Morgan fingerprint density at radius 1 is 0.870 bits per heavy atom. The lowest BCUT2D eigenvalue weighted by molar-refractivity contribution is 0.342. The van der Waals surface area contributed by atoms with E-state index in [4.69, 9.17) is 18.6 Å². The summed E-state index contributed by atoms with van der Waals surface area (Å²) in [6, 6.07) is 15.3. The van der Waals surface area contributed by atoms with Crippen LogP contribution in [0.5, 0.6) is 17.2 Å². The fraction of sp³-hybridized carbons (Fsp3) is 0.211. The van der Waals surface area contributed by atoms with Crippen LogP contribution in [0.2, 0.25) is 0 Å². The minimum atomic E-state index is 0.590. The first-order valence-corrected chi connectivity index (χ1v) is 7.47. The first-order valence-electron chi connectivity index (χ1n) is 7.47. The second-order valence-corrected chi connectivity index (χ2v) is 5.00. The van der Waals surface area contributed by atoms with Crippen LogP contribution < -0.4 is 14.2 Å². The topological polar surface area (TPSA) is 39.0 Å². The Bertz CT molecular complexity index is 809. The van der Waals surface area contributed by atoms with Gasteiger partial charge in [-0.25, -0.2) is 4.42 Å². The molecule has 1 aromatic heterocycles. The van der Waals surface area contributed by atoms with E-state index in [-0.39, 0.29) is 0 Å². The van der Waals surface area contributed by atoms with Crippen LogP contribution in [0.1, 0.15) is 6.92 Å². The van der Waals surface area contributed by atoms with Gasteiger partial charge in [0, 0.05) is 0 Å². The minimum Gasteiger partial charge on any atom is -0.497 e. The van der Waals surface area contributed by atoms with E-state index in [0.29, 0.717) is 6.61 Å². The van der Waals surface area contributed by atoms with E-state index < -0.39 is 0 Å². The molecule has 3 rings (SSSR count). The molecule has 0 amide bonds. The average molecular weight is 311 g/mol. The van der Waals surface area contributed by atoms with E-state index in [1.165, 1.54) is 0 Å². The summed E-state index contributed by atoms with van der Waals surface area (Å²) in [7, 11) is 3.28. The van der Waals surface area contributed by atoms with E-state index in [0.717, 1.165) is 39.5 Å². The first-order chi connectivity index (χ1) is 11.2. The summed E-state index contributed by atoms with van der Waals surface area (Å²) in [5.41, 5.74) is 1.68. The molecule has 118 valence electrons. The highest BCUT2D eigenvalue weighted by Crippen LogP contribution is 2.35. The SMILES string of the molecule is CCOc1cc(-c2ccc(OC)cc2)[o+]c2cc(OC)ccc12. The Morgan fingerprint density at radius 3 is 2.22 bits per heavy atom. The highest BCUT2D eigenvalue weighted by molar-refractivity contribution is 5.86. The fourth-order valence-corrected chi connectivity index (χ4v) is 2.43. The molecular formula is C19H19O4+. The summed E-state index contributed by atoms with van der Waals surface area (Å²) in [5, 5.41) is 0.921. The normalized spacial score (nSPS) is 10.6. The zero-order chi connectivity index (χ0) is 16.2. The molecule has 0 radical (unpaired) electrons. The molecule has 1 heterocycles. The van der Waals surface area contributed by atoms with Gasteiger partial charge in [0.25, 0.3) is 0 Å². The maximum absolute atomic E-state index is 6.05. The number of hydrogen-bond donors (Lipinski definition) is 0. The third-order valence-electron chi connectivity index (χ3n) is 3.61. The van der Waals surface area contributed by atoms with E-state index in [1.54, 1.807) is 14.2 Å². The predicted molar refractivity (Wildman–Crippen MR) is 90.3 cm³/mol. The Balaban J connectivity index is 2.15. The molecule has 0 saturated heterocycles. The lowest BCUT2D eigenvalue weighted by Gasteiger charge is -2.05. The molecule has 4 heteroatoms. The molecule has 0 aliphatic carbocycles. The van der Waals surface area contributed by atoms with Crippen molar-refractivity contribution in [2.75, 3.05) is 20.8 Å². The van der Waals surface area contributed by atoms with E-state index in [1.807, 2.05) is 55.5 Å². The molecular weight excluding hydrogens is 292 g/mol. The Morgan fingerprint density at radius 2 is 1.57 bits per heavy atom. The highest BCUT2D eigenvalue weighted by atomic mass is 16.5. The van der Waals surface area contributed by atoms with E-state index in [9.17, 15) is 0 Å². The zero-order valence-electron chi connectivity index (χ0n) is 13.5. The number of fused-ring (bicyclic) bond motifs is 1. The third kappa shape index (κ3) is 3.06. The molecule has 0 atom stereocenters. The van der Waals surface area contributed by atoms with Gasteiger partial charge < -0.3 is 14.2 Å². The van der Waals surface area contributed by atoms with Crippen LogP contribution in [-0.2, 0) is 0 Å². The fourth-order valence-electron chi connectivity index (χ4n) is 2.43. The summed E-state index contributed by atoms with van der Waals surface area (Å²) in [6.45, 7) is 2.56. The van der Waals surface area contributed by atoms with Crippen molar-refractivity contribution < 1.29 is 18.6 Å². The Hall–Kier alpha value is -2.75. The van der Waals surface area contributed by atoms with Crippen molar-refractivity contribution >= 4 is 11.0 Å². The van der Waals surface area contributed by atoms with Gasteiger partial charge >= 0.3 is 11.3 Å². The van der Waals surface area contributed by atoms with Crippen molar-refractivity contribution in [2.24, 2.45) is 0 Å². The lowest BCUT2D eigenvalue weighted by Crippen LogP contribution is -1.94. The molecule has 3 aromatic rings. The molecule has 0 unspecified atom stereocenters. The van der Waals surface area contributed by atoms with Crippen molar-refractivity contribution in [3.05, 3.63) is 48.5 Å². The van der Waals surface area contributed by atoms with Gasteiger partial charge in [-0.3, -0.25) is 0 Å². The van der Waals surface area contributed by atoms with E-state index in [2.05, 4.69) is 0 Å². The van der Waals surface area contributed by atoms with Gasteiger partial charge in [-0.05, 0) is 43.3 Å². The number of benzene rings is 2. The van der Waals surface area contributed by atoms with E-state index >= 15 is 0 Å². The van der Waals surface area contributed by atoms with Crippen molar-refractivity contribution in [3.63, 3.8) is 0 Å². The largest absolute Gasteiger partial charge is 0.497 e. The number of hydrogen-bond acceptors (Lipinski definition) is 3. The van der Waals surface area contributed by atoms with Crippen LogP contribution in [0.25, 0.3) is 22.3 Å². The second-order valence-electron chi connectivity index (χ2n) is 5.00. The number of ether oxygens (including phenoxy) is 3. The minimum absolute atomic E-state index is 0.590. The van der Waals surface area contributed by atoms with Crippen molar-refractivity contribution in [3.8, 4) is 28.6 Å². The maximum atomic E-state index is 6.05. The Kier molecular flexibility index (Phi) is 4.33. The Labute approximate surface area is 135 Å². The van der Waals surface area contributed by atoms with Crippen LogP contribution in [0.15, 0.2) is 52.9 Å². The maximum Gasteiger partial charge on any atom is 0.368 e. The summed E-state index contributed by atoms with van der Waals surface area (Å²) < 4.78 is 22.3. The molecule has 2 aromatic carbocycles. The van der Waals surface area contributed by atoms with Gasteiger partial charge in [-0.15, -0.1) is 0 Å². The zero-order valence-corrected chi connectivity index (χ0v) is 13.5. The van der Waals surface area contributed by atoms with Crippen LogP contribution in [-0.4, -0.2) is 20.8 Å². The molecule has 0 aliphatic heterocycles. The molecule has 0 N–H and O–H groups in total. The first kappa shape index (κ1) is 15.2. The summed E-state index contributed by atoms with van der Waals surface area (Å²) >= 11 is 0. The molecule has 0 saturated carbocycles. The molecule has 4 nitrogen and oxygen atoms in total. The van der Waals surface area contributed by atoms with Crippen molar-refractivity contribution in [1.29, 1.82) is 0 Å². The summed E-state index contributed by atoms with van der Waals surface area (Å²) in [6.07, 6.45) is 0. The van der Waals surface area contributed by atoms with Gasteiger partial charge in [0.15, 0.2) is 0 Å². The van der Waals surface area contributed by atoms with Crippen LogP contribution in [0.4, 0.5) is 0 Å². The quantitative estimate of drug-likeness (QED) is 0.635. The number of methoxy groups -OCH3 is 2. The number of rotatable bonds is 5. The standard InChI is InChI=1S/C19H19O4/c1-4-22-18-12-17(13-5-7-14(20-2)8-6-13)23-19-11-15(21-3)9-10-16(18)19/h5-12H,4H2,1-3H3/q+1. The third-order valence-corrected chi connectivity index (χ3v) is 3.61. The monoisotopic (exact) mass is 311 g/mol. The van der Waals surface area contributed by atoms with Gasteiger partial charge in [0.05, 0.1) is 38.5 Å². The van der Waals surface area contributed by atoms with Gasteiger partial charge in [0.2, 0.25) is 0 Å². The molecule has 23 heavy (non-hydrogen) atoms. The van der Waals surface area contributed by atoms with Crippen molar-refractivity contribution in [2.45, 2.75) is 6.92 Å². The molecule has 0 aliphatic rings.